The number of carbonyl (C=O) groups excluding carboxylic acids is 1. The minimum absolute atomic E-state index is 0.0140. The first kappa shape index (κ1) is 15.0. The Hall–Kier alpha value is -1.91. The summed E-state index contributed by atoms with van der Waals surface area (Å²) in [5.41, 5.74) is 0.754. The van der Waals surface area contributed by atoms with Crippen molar-refractivity contribution in [1.82, 2.24) is 4.90 Å². The van der Waals surface area contributed by atoms with Gasteiger partial charge in [-0.1, -0.05) is 13.8 Å². The first-order chi connectivity index (χ1) is 10.6. The number of hydrogen-bond donors (Lipinski definition) is 1. The van der Waals surface area contributed by atoms with Crippen molar-refractivity contribution >= 4 is 11.7 Å². The highest BCUT2D eigenvalue weighted by atomic mass is 16.6. The lowest BCUT2D eigenvalue weighted by Gasteiger charge is -2.24. The highest BCUT2D eigenvalue weighted by Crippen LogP contribution is 2.33. The maximum atomic E-state index is 12.5. The number of anilines is 1. The van der Waals surface area contributed by atoms with Gasteiger partial charge >= 0.3 is 6.03 Å². The number of nitrogens with one attached hydrogen (secondary N) is 1. The van der Waals surface area contributed by atoms with Crippen molar-refractivity contribution in [3.8, 4) is 11.5 Å². The standard InChI is InChI=1S/C17H24N2O3/c1-12(2)7-8-19(14-4-5-14)17(20)18-13-3-6-15-16(11-13)22-10-9-21-15/h3,6,11-12,14H,4-5,7-10H2,1-2H3,(H,18,20). The van der Waals surface area contributed by atoms with Gasteiger partial charge in [0, 0.05) is 24.3 Å². The smallest absolute Gasteiger partial charge is 0.322 e. The molecule has 1 aliphatic heterocycles. The van der Waals surface area contributed by atoms with Gasteiger partial charge in [0.15, 0.2) is 11.5 Å². The van der Waals surface area contributed by atoms with Crippen LogP contribution in [-0.4, -0.2) is 36.7 Å². The molecule has 0 spiro atoms. The first-order valence-electron chi connectivity index (χ1n) is 8.11. The van der Waals surface area contributed by atoms with Crippen LogP contribution in [0.1, 0.15) is 33.1 Å². The second kappa shape index (κ2) is 6.46. The number of carbonyl (C=O) groups is 1. The molecular weight excluding hydrogens is 280 g/mol. The summed E-state index contributed by atoms with van der Waals surface area (Å²) in [6.45, 7) is 6.31. The van der Waals surface area contributed by atoms with Crippen molar-refractivity contribution in [2.45, 2.75) is 39.2 Å². The fourth-order valence-electron chi connectivity index (χ4n) is 2.55. The van der Waals surface area contributed by atoms with Gasteiger partial charge in [-0.05, 0) is 37.3 Å². The maximum Gasteiger partial charge on any atom is 0.322 e. The summed E-state index contributed by atoms with van der Waals surface area (Å²) in [7, 11) is 0. The number of benzene rings is 1. The molecule has 120 valence electrons. The monoisotopic (exact) mass is 304 g/mol. The molecule has 2 aliphatic rings. The van der Waals surface area contributed by atoms with E-state index in [0.717, 1.165) is 37.2 Å². The predicted molar refractivity (Wildman–Crippen MR) is 85.6 cm³/mol. The summed E-state index contributed by atoms with van der Waals surface area (Å²) < 4.78 is 11.1. The average molecular weight is 304 g/mol. The number of hydrogen-bond acceptors (Lipinski definition) is 3. The third kappa shape index (κ3) is 3.64. The van der Waals surface area contributed by atoms with Gasteiger partial charge in [0.2, 0.25) is 0 Å². The zero-order chi connectivity index (χ0) is 15.5. The molecule has 5 nitrogen and oxygen atoms in total. The van der Waals surface area contributed by atoms with E-state index in [9.17, 15) is 4.79 Å². The molecule has 22 heavy (non-hydrogen) atoms. The largest absolute Gasteiger partial charge is 0.486 e. The number of amides is 2. The molecule has 1 aliphatic carbocycles. The van der Waals surface area contributed by atoms with Gasteiger partial charge < -0.3 is 19.7 Å². The molecule has 0 aromatic heterocycles. The summed E-state index contributed by atoms with van der Waals surface area (Å²) in [4.78, 5) is 14.5. The number of nitrogens with zero attached hydrogens (tertiary/aromatic N) is 1. The molecule has 5 heteroatoms. The van der Waals surface area contributed by atoms with Crippen LogP contribution in [0.2, 0.25) is 0 Å². The van der Waals surface area contributed by atoms with Crippen LogP contribution in [0.25, 0.3) is 0 Å². The van der Waals surface area contributed by atoms with Gasteiger partial charge in [-0.15, -0.1) is 0 Å². The Bertz CT molecular complexity index is 541. The fraction of sp³-hybridized carbons (Fsp3) is 0.588. The van der Waals surface area contributed by atoms with E-state index in [2.05, 4.69) is 19.2 Å². The first-order valence-corrected chi connectivity index (χ1v) is 8.11. The number of ether oxygens (including phenoxy) is 2. The van der Waals surface area contributed by atoms with Gasteiger partial charge in [0.1, 0.15) is 13.2 Å². The van der Waals surface area contributed by atoms with Crippen LogP contribution in [0.5, 0.6) is 11.5 Å². The Labute approximate surface area is 131 Å². The van der Waals surface area contributed by atoms with Crippen molar-refractivity contribution < 1.29 is 14.3 Å². The third-order valence-electron chi connectivity index (χ3n) is 3.99. The molecule has 3 rings (SSSR count). The van der Waals surface area contributed by atoms with Gasteiger partial charge in [0.05, 0.1) is 0 Å². The summed E-state index contributed by atoms with van der Waals surface area (Å²) in [6.07, 6.45) is 3.27. The lowest BCUT2D eigenvalue weighted by Crippen LogP contribution is -2.38. The molecule has 0 radical (unpaired) electrons. The molecule has 0 bridgehead atoms. The summed E-state index contributed by atoms with van der Waals surface area (Å²) >= 11 is 0. The SMILES string of the molecule is CC(C)CCN(C(=O)Nc1ccc2c(c1)OCCO2)C1CC1. The van der Waals surface area contributed by atoms with Crippen LogP contribution in [0.4, 0.5) is 10.5 Å². The van der Waals surface area contributed by atoms with Crippen LogP contribution in [-0.2, 0) is 0 Å². The molecule has 1 N–H and O–H groups in total. The van der Waals surface area contributed by atoms with E-state index in [-0.39, 0.29) is 6.03 Å². The van der Waals surface area contributed by atoms with E-state index in [4.69, 9.17) is 9.47 Å². The van der Waals surface area contributed by atoms with E-state index >= 15 is 0 Å². The van der Waals surface area contributed by atoms with E-state index < -0.39 is 0 Å². The van der Waals surface area contributed by atoms with Gasteiger partial charge in [-0.2, -0.15) is 0 Å². The number of rotatable bonds is 5. The van der Waals surface area contributed by atoms with E-state index in [1.54, 1.807) is 0 Å². The second-order valence-corrected chi connectivity index (χ2v) is 6.40. The average Bonchev–Trinajstić information content (AvgIpc) is 3.32. The lowest BCUT2D eigenvalue weighted by molar-refractivity contribution is 0.171. The van der Waals surface area contributed by atoms with Crippen molar-refractivity contribution in [3.63, 3.8) is 0 Å². The van der Waals surface area contributed by atoms with Gasteiger partial charge in [-0.3, -0.25) is 0 Å². The summed E-state index contributed by atoms with van der Waals surface area (Å²) in [5, 5.41) is 2.99. The Morgan fingerprint density at radius 2 is 2.00 bits per heavy atom. The molecule has 0 atom stereocenters. The molecule has 1 aromatic rings. The lowest BCUT2D eigenvalue weighted by atomic mass is 10.1. The quantitative estimate of drug-likeness (QED) is 0.906. The molecule has 0 unspecified atom stereocenters. The number of fused-ring (bicyclic) bond motifs is 1. The normalized spacial score (nSPS) is 16.5. The molecule has 1 heterocycles. The molecular formula is C17H24N2O3. The molecule has 2 amide bonds. The molecule has 1 fully saturated rings. The highest BCUT2D eigenvalue weighted by molar-refractivity contribution is 5.90. The van der Waals surface area contributed by atoms with Crippen LogP contribution < -0.4 is 14.8 Å². The van der Waals surface area contributed by atoms with E-state index in [0.29, 0.717) is 30.9 Å². The zero-order valence-electron chi connectivity index (χ0n) is 13.3. The molecule has 1 aromatic carbocycles. The minimum atomic E-state index is -0.0140. The van der Waals surface area contributed by atoms with Gasteiger partial charge in [-0.25, -0.2) is 4.79 Å². The summed E-state index contributed by atoms with van der Waals surface area (Å²) in [6, 6.07) is 5.94. The Morgan fingerprint density at radius 1 is 1.27 bits per heavy atom. The Balaban J connectivity index is 1.64. The minimum Gasteiger partial charge on any atom is -0.486 e. The number of urea groups is 1. The van der Waals surface area contributed by atoms with Crippen molar-refractivity contribution in [2.75, 3.05) is 25.1 Å². The van der Waals surface area contributed by atoms with Gasteiger partial charge in [0.25, 0.3) is 0 Å². The topological polar surface area (TPSA) is 50.8 Å². The van der Waals surface area contributed by atoms with Crippen LogP contribution in [0.15, 0.2) is 18.2 Å². The van der Waals surface area contributed by atoms with Crippen molar-refractivity contribution in [2.24, 2.45) is 5.92 Å². The fourth-order valence-corrected chi connectivity index (χ4v) is 2.55. The van der Waals surface area contributed by atoms with Crippen LogP contribution in [0, 0.1) is 5.92 Å². The van der Waals surface area contributed by atoms with Crippen LogP contribution in [0.3, 0.4) is 0 Å². The van der Waals surface area contributed by atoms with E-state index in [1.807, 2.05) is 23.1 Å². The maximum absolute atomic E-state index is 12.5. The third-order valence-corrected chi connectivity index (χ3v) is 3.99. The predicted octanol–water partition coefficient (Wildman–Crippen LogP) is 3.50. The van der Waals surface area contributed by atoms with Crippen molar-refractivity contribution in [3.05, 3.63) is 18.2 Å². The second-order valence-electron chi connectivity index (χ2n) is 6.40. The summed E-state index contributed by atoms with van der Waals surface area (Å²) in [5.74, 6) is 2.04. The zero-order valence-corrected chi connectivity index (χ0v) is 13.3. The Morgan fingerprint density at radius 3 is 2.68 bits per heavy atom. The van der Waals surface area contributed by atoms with Crippen LogP contribution >= 0.6 is 0 Å². The van der Waals surface area contributed by atoms with Crippen molar-refractivity contribution in [1.29, 1.82) is 0 Å². The molecule has 0 saturated heterocycles. The highest BCUT2D eigenvalue weighted by Gasteiger charge is 2.32. The Kier molecular flexibility index (Phi) is 4.41. The molecule has 1 saturated carbocycles. The van der Waals surface area contributed by atoms with E-state index in [1.165, 1.54) is 0 Å².